The molecule has 2 fully saturated rings. The Balaban J connectivity index is 0.000000646. The Morgan fingerprint density at radius 3 is 2.05 bits per heavy atom. The van der Waals surface area contributed by atoms with E-state index < -0.39 is 22.0 Å². The van der Waals surface area contributed by atoms with Crippen LogP contribution in [0, 0.1) is 5.41 Å². The number of aliphatic carboxylic acids is 1. The van der Waals surface area contributed by atoms with Gasteiger partial charge in [0.15, 0.2) is 9.84 Å². The number of carboxylic acid groups (broad SMARTS) is 1. The van der Waals surface area contributed by atoms with E-state index in [2.05, 4.69) is 35.8 Å². The van der Waals surface area contributed by atoms with Crippen LogP contribution in [0.4, 0.5) is 18.9 Å². The number of hydrogen-bond acceptors (Lipinski definition) is 7. The molecule has 2 saturated heterocycles. The van der Waals surface area contributed by atoms with E-state index in [1.54, 1.807) is 12.1 Å². The van der Waals surface area contributed by atoms with Gasteiger partial charge in [-0.25, -0.2) is 13.2 Å². The summed E-state index contributed by atoms with van der Waals surface area (Å²) >= 11 is 0. The van der Waals surface area contributed by atoms with Crippen LogP contribution in [0.2, 0.25) is 0 Å². The first-order chi connectivity index (χ1) is 20.0. The van der Waals surface area contributed by atoms with Crippen molar-refractivity contribution in [1.82, 2.24) is 9.80 Å². The number of carbonyl (C=O) groups excluding carboxylic acids is 1. The molecule has 0 unspecified atom stereocenters. The van der Waals surface area contributed by atoms with Gasteiger partial charge in [-0.1, -0.05) is 13.8 Å². The molecule has 0 atom stereocenters. The lowest BCUT2D eigenvalue weighted by Gasteiger charge is -2.38. The first-order valence-electron chi connectivity index (χ1n) is 14.1. The number of nitrogens with zero attached hydrogens (tertiary/aromatic N) is 3. The van der Waals surface area contributed by atoms with Crippen molar-refractivity contribution in [2.75, 3.05) is 63.6 Å². The van der Waals surface area contributed by atoms with Crippen LogP contribution in [0.3, 0.4) is 0 Å². The van der Waals surface area contributed by atoms with Crippen molar-refractivity contribution >= 4 is 27.4 Å². The van der Waals surface area contributed by atoms with Gasteiger partial charge < -0.3 is 24.5 Å². The van der Waals surface area contributed by atoms with Crippen LogP contribution < -0.4 is 9.64 Å². The molecule has 0 saturated carbocycles. The molecule has 4 rings (SSSR count). The molecule has 0 aliphatic carbocycles. The van der Waals surface area contributed by atoms with Gasteiger partial charge in [0.05, 0.1) is 11.5 Å². The molecule has 2 aliphatic rings. The van der Waals surface area contributed by atoms with Crippen molar-refractivity contribution in [3.05, 3.63) is 54.1 Å². The molecule has 0 radical (unpaired) electrons. The molecule has 0 spiro atoms. The molecule has 9 nitrogen and oxygen atoms in total. The fourth-order valence-electron chi connectivity index (χ4n) is 5.16. The topological polar surface area (TPSA) is 107 Å². The third-order valence-corrected chi connectivity index (χ3v) is 8.54. The number of amides is 1. The van der Waals surface area contributed by atoms with Crippen LogP contribution in [0.5, 0.6) is 5.75 Å². The van der Waals surface area contributed by atoms with Crippen molar-refractivity contribution in [1.29, 1.82) is 0 Å². The number of carboxylic acids is 1. The molecular formula is C30H40F3N3O6S. The summed E-state index contributed by atoms with van der Waals surface area (Å²) in [4.78, 5) is 28.6. The highest BCUT2D eigenvalue weighted by Crippen LogP contribution is 2.28. The highest BCUT2D eigenvalue weighted by Gasteiger charge is 2.38. The number of benzene rings is 2. The van der Waals surface area contributed by atoms with E-state index >= 15 is 0 Å². The molecule has 43 heavy (non-hydrogen) atoms. The number of ether oxygens (including phenoxy) is 1. The standard InChI is InChI=1S/C28H39N3O4S.C2HF3O2/c1-28(2)14-4-15-29(22-28)16-5-21-35-25-10-8-24(9-11-25)30-17-19-31(20-18-30)27(32)23-6-12-26(13-7-23)36(3,33)34;3-2(4,5)1(6)7/h6-13H,4-5,14-22H2,1-3H3;(H,6,7). The minimum absolute atomic E-state index is 0.0634. The summed E-state index contributed by atoms with van der Waals surface area (Å²) in [5.41, 5.74) is 2.07. The van der Waals surface area contributed by atoms with E-state index in [0.29, 0.717) is 24.1 Å². The first-order valence-corrected chi connectivity index (χ1v) is 16.0. The van der Waals surface area contributed by atoms with E-state index in [1.165, 1.54) is 44.3 Å². The minimum atomic E-state index is -5.08. The summed E-state index contributed by atoms with van der Waals surface area (Å²) in [5, 5.41) is 7.12. The molecule has 13 heteroatoms. The fraction of sp³-hybridized carbons (Fsp3) is 0.533. The van der Waals surface area contributed by atoms with Gasteiger partial charge >= 0.3 is 12.1 Å². The van der Waals surface area contributed by atoms with Crippen LogP contribution in [0.15, 0.2) is 53.4 Å². The molecule has 2 aromatic rings. The second kappa shape index (κ2) is 14.4. The zero-order chi connectivity index (χ0) is 31.8. The number of piperazine rings is 1. The Morgan fingerprint density at radius 2 is 1.53 bits per heavy atom. The summed E-state index contributed by atoms with van der Waals surface area (Å²) in [5.74, 6) is -1.93. The number of halogens is 3. The maximum Gasteiger partial charge on any atom is 0.490 e. The second-order valence-electron chi connectivity index (χ2n) is 11.6. The number of piperidine rings is 1. The van der Waals surface area contributed by atoms with Crippen molar-refractivity contribution in [2.45, 2.75) is 44.2 Å². The summed E-state index contributed by atoms with van der Waals surface area (Å²) < 4.78 is 61.0. The van der Waals surface area contributed by atoms with Gasteiger partial charge in [0.25, 0.3) is 5.91 Å². The van der Waals surface area contributed by atoms with Crippen molar-refractivity contribution < 1.29 is 41.0 Å². The maximum atomic E-state index is 12.8. The summed E-state index contributed by atoms with van der Waals surface area (Å²) in [6.07, 6.45) is -0.279. The number of rotatable bonds is 8. The van der Waals surface area contributed by atoms with Gasteiger partial charge in [0, 0.05) is 56.8 Å². The lowest BCUT2D eigenvalue weighted by molar-refractivity contribution is -0.192. The van der Waals surface area contributed by atoms with Gasteiger partial charge in [-0.15, -0.1) is 0 Å². The van der Waals surface area contributed by atoms with Gasteiger partial charge in [0.2, 0.25) is 0 Å². The number of sulfone groups is 1. The normalized spacial score (nSPS) is 17.5. The van der Waals surface area contributed by atoms with Crippen LogP contribution in [-0.4, -0.2) is 100 Å². The van der Waals surface area contributed by atoms with Crippen molar-refractivity contribution in [3.8, 4) is 5.75 Å². The first kappa shape index (κ1) is 34.2. The molecule has 2 aliphatic heterocycles. The van der Waals surface area contributed by atoms with E-state index in [4.69, 9.17) is 14.6 Å². The quantitative estimate of drug-likeness (QED) is 0.424. The Morgan fingerprint density at radius 1 is 0.953 bits per heavy atom. The zero-order valence-corrected chi connectivity index (χ0v) is 25.6. The average Bonchev–Trinajstić information content (AvgIpc) is 2.94. The van der Waals surface area contributed by atoms with Gasteiger partial charge in [-0.05, 0) is 79.8 Å². The van der Waals surface area contributed by atoms with Crippen LogP contribution in [0.25, 0.3) is 0 Å². The zero-order valence-electron chi connectivity index (χ0n) is 24.8. The van der Waals surface area contributed by atoms with E-state index in [1.807, 2.05) is 17.0 Å². The number of alkyl halides is 3. The minimum Gasteiger partial charge on any atom is -0.494 e. The maximum absolute atomic E-state index is 12.8. The summed E-state index contributed by atoms with van der Waals surface area (Å²) in [6.45, 7) is 11.7. The number of hydrogen-bond donors (Lipinski definition) is 1. The predicted octanol–water partition coefficient (Wildman–Crippen LogP) is 4.58. The molecule has 0 bridgehead atoms. The van der Waals surface area contributed by atoms with E-state index in [0.717, 1.165) is 44.1 Å². The largest absolute Gasteiger partial charge is 0.494 e. The molecule has 1 N–H and O–H groups in total. The molecular weight excluding hydrogens is 587 g/mol. The van der Waals surface area contributed by atoms with Crippen LogP contribution in [0.1, 0.15) is 43.5 Å². The molecule has 238 valence electrons. The lowest BCUT2D eigenvalue weighted by atomic mass is 9.84. The van der Waals surface area contributed by atoms with Crippen LogP contribution >= 0.6 is 0 Å². The Kier molecular flexibility index (Phi) is 11.5. The number of anilines is 1. The van der Waals surface area contributed by atoms with Crippen molar-refractivity contribution in [2.24, 2.45) is 5.41 Å². The van der Waals surface area contributed by atoms with Gasteiger partial charge in [-0.2, -0.15) is 13.2 Å². The Labute approximate surface area is 251 Å². The highest BCUT2D eigenvalue weighted by molar-refractivity contribution is 7.90. The fourth-order valence-corrected chi connectivity index (χ4v) is 5.79. The molecule has 0 aromatic heterocycles. The van der Waals surface area contributed by atoms with Crippen molar-refractivity contribution in [3.63, 3.8) is 0 Å². The SMILES string of the molecule is CC1(C)CCCN(CCCOc2ccc(N3CCN(C(=O)c4ccc(S(C)(=O)=O)cc4)CC3)cc2)C1.O=C(O)C(F)(F)F. The third kappa shape index (κ3) is 10.7. The average molecular weight is 628 g/mol. The van der Waals surface area contributed by atoms with Crippen LogP contribution in [-0.2, 0) is 14.6 Å². The van der Waals surface area contributed by atoms with Gasteiger partial charge in [0.1, 0.15) is 5.75 Å². The number of likely N-dealkylation sites (tertiary alicyclic amines) is 1. The number of carbonyl (C=O) groups is 2. The van der Waals surface area contributed by atoms with E-state index in [9.17, 15) is 26.4 Å². The lowest BCUT2D eigenvalue weighted by Crippen LogP contribution is -2.48. The second-order valence-corrected chi connectivity index (χ2v) is 13.6. The molecule has 2 aromatic carbocycles. The Hall–Kier alpha value is -3.32. The third-order valence-electron chi connectivity index (χ3n) is 7.41. The summed E-state index contributed by atoms with van der Waals surface area (Å²) in [6, 6.07) is 14.4. The summed E-state index contributed by atoms with van der Waals surface area (Å²) in [7, 11) is -3.27. The smallest absolute Gasteiger partial charge is 0.490 e. The van der Waals surface area contributed by atoms with Gasteiger partial charge in [-0.3, -0.25) is 4.79 Å². The van der Waals surface area contributed by atoms with E-state index in [-0.39, 0.29) is 10.8 Å². The predicted molar refractivity (Wildman–Crippen MR) is 157 cm³/mol. The monoisotopic (exact) mass is 627 g/mol. The molecule has 2 heterocycles. The molecule has 1 amide bonds. The highest BCUT2D eigenvalue weighted by atomic mass is 32.2. The Bertz CT molecular complexity index is 1320.